The van der Waals surface area contributed by atoms with Crippen molar-refractivity contribution in [2.24, 2.45) is 0 Å². The van der Waals surface area contributed by atoms with Crippen LogP contribution in [0.15, 0.2) is 54.6 Å². The number of nitrogens with zero attached hydrogens (tertiary/aromatic N) is 1. The minimum Gasteiger partial charge on any atom is -0.508 e. The number of amides is 2. The van der Waals surface area contributed by atoms with E-state index in [0.717, 1.165) is 11.1 Å². The van der Waals surface area contributed by atoms with Gasteiger partial charge in [-0.05, 0) is 56.9 Å². The molecule has 0 aromatic heterocycles. The van der Waals surface area contributed by atoms with Crippen LogP contribution in [0.25, 0.3) is 0 Å². The van der Waals surface area contributed by atoms with Crippen LogP contribution in [0, 0.1) is 0 Å². The Bertz CT molecular complexity index is 1030. The normalized spacial score (nSPS) is 15.1. The van der Waals surface area contributed by atoms with Crippen molar-refractivity contribution in [1.82, 2.24) is 10.2 Å². The third-order valence-electron chi connectivity index (χ3n) is 5.79. The second kappa shape index (κ2) is 13.1. The van der Waals surface area contributed by atoms with E-state index in [1.54, 1.807) is 37.8 Å². The molecule has 0 bridgehead atoms. The summed E-state index contributed by atoms with van der Waals surface area (Å²) in [6.45, 7) is 6.23. The molecule has 9 nitrogen and oxygen atoms in total. The number of hydrogen-bond acceptors (Lipinski definition) is 7. The van der Waals surface area contributed by atoms with Crippen molar-refractivity contribution < 1.29 is 33.7 Å². The molecule has 3 rings (SSSR count). The third-order valence-corrected chi connectivity index (χ3v) is 5.79. The van der Waals surface area contributed by atoms with Crippen molar-refractivity contribution in [2.45, 2.75) is 64.4 Å². The SMILES string of the molecule is CC(C)(C)OC(=O)COC1CCN(C(=O)[C@H](Cc2ccc(O)cc2)NC(=O)OCc2ccccc2)CC1. The van der Waals surface area contributed by atoms with Gasteiger partial charge in [-0.15, -0.1) is 0 Å². The van der Waals surface area contributed by atoms with Gasteiger partial charge in [-0.1, -0.05) is 42.5 Å². The average Bonchev–Trinajstić information content (AvgIpc) is 2.86. The van der Waals surface area contributed by atoms with Gasteiger partial charge in [0.05, 0.1) is 6.10 Å². The number of nitrogens with one attached hydrogen (secondary N) is 1. The molecule has 1 aliphatic rings. The summed E-state index contributed by atoms with van der Waals surface area (Å²) in [6.07, 6.45) is 0.541. The topological polar surface area (TPSA) is 114 Å². The third kappa shape index (κ3) is 9.76. The smallest absolute Gasteiger partial charge is 0.408 e. The highest BCUT2D eigenvalue weighted by Gasteiger charge is 2.31. The van der Waals surface area contributed by atoms with Gasteiger partial charge in [-0.25, -0.2) is 9.59 Å². The van der Waals surface area contributed by atoms with Crippen LogP contribution in [0.5, 0.6) is 5.75 Å². The molecule has 1 atom stereocenters. The number of ether oxygens (including phenoxy) is 3. The fourth-order valence-electron chi connectivity index (χ4n) is 3.99. The van der Waals surface area contributed by atoms with Gasteiger partial charge in [0, 0.05) is 19.5 Å². The first kappa shape index (κ1) is 28.0. The summed E-state index contributed by atoms with van der Waals surface area (Å²) in [5.74, 6) is -0.524. The summed E-state index contributed by atoms with van der Waals surface area (Å²) in [7, 11) is 0. The first-order valence-electron chi connectivity index (χ1n) is 12.5. The Hall–Kier alpha value is -3.59. The van der Waals surface area contributed by atoms with Gasteiger partial charge >= 0.3 is 12.1 Å². The molecule has 9 heteroatoms. The highest BCUT2D eigenvalue weighted by molar-refractivity contribution is 5.86. The maximum Gasteiger partial charge on any atom is 0.408 e. The van der Waals surface area contributed by atoms with Crippen LogP contribution in [0.2, 0.25) is 0 Å². The van der Waals surface area contributed by atoms with E-state index in [1.165, 1.54) is 12.1 Å². The fraction of sp³-hybridized carbons (Fsp3) is 0.464. The van der Waals surface area contributed by atoms with Gasteiger partial charge in [-0.2, -0.15) is 0 Å². The standard InChI is InChI=1S/C28H36N2O7/c1-28(2,3)37-25(32)19-35-23-13-15-30(16-14-23)26(33)24(17-20-9-11-22(31)12-10-20)29-27(34)36-18-21-7-5-4-6-8-21/h4-12,23-24,31H,13-19H2,1-3H3,(H,29,34)/t24-/m0/s1. The highest BCUT2D eigenvalue weighted by Crippen LogP contribution is 2.18. The summed E-state index contributed by atoms with van der Waals surface area (Å²) in [5.41, 5.74) is 1.06. The second-order valence-electron chi connectivity index (χ2n) is 10.1. The van der Waals surface area contributed by atoms with Gasteiger partial charge < -0.3 is 29.5 Å². The lowest BCUT2D eigenvalue weighted by Crippen LogP contribution is -2.52. The van der Waals surface area contributed by atoms with E-state index in [-0.39, 0.29) is 37.4 Å². The Balaban J connectivity index is 1.56. The summed E-state index contributed by atoms with van der Waals surface area (Å²) < 4.78 is 16.3. The van der Waals surface area contributed by atoms with Crippen LogP contribution in [-0.2, 0) is 36.8 Å². The van der Waals surface area contributed by atoms with Crippen molar-refractivity contribution in [1.29, 1.82) is 0 Å². The van der Waals surface area contributed by atoms with E-state index in [2.05, 4.69) is 5.32 Å². The number of likely N-dealkylation sites (tertiary alicyclic amines) is 1. The lowest BCUT2D eigenvalue weighted by atomic mass is 10.0. The number of alkyl carbamates (subject to hydrolysis) is 1. The number of carbonyl (C=O) groups is 3. The van der Waals surface area contributed by atoms with E-state index in [9.17, 15) is 19.5 Å². The molecule has 0 aliphatic carbocycles. The van der Waals surface area contributed by atoms with Crippen LogP contribution in [-0.4, -0.2) is 65.4 Å². The molecule has 1 aliphatic heterocycles. The fourth-order valence-corrected chi connectivity index (χ4v) is 3.99. The molecule has 1 saturated heterocycles. The average molecular weight is 513 g/mol. The van der Waals surface area contributed by atoms with Gasteiger partial charge in [0.15, 0.2) is 0 Å². The second-order valence-corrected chi connectivity index (χ2v) is 10.1. The number of carbonyl (C=O) groups excluding carboxylic acids is 3. The largest absolute Gasteiger partial charge is 0.508 e. The molecule has 1 heterocycles. The van der Waals surface area contributed by atoms with E-state index < -0.39 is 23.7 Å². The van der Waals surface area contributed by atoms with Gasteiger partial charge in [0.1, 0.15) is 30.6 Å². The Morgan fingerprint density at radius 2 is 1.65 bits per heavy atom. The Labute approximate surface area is 217 Å². The molecular weight excluding hydrogens is 476 g/mol. The number of esters is 1. The molecule has 2 aromatic carbocycles. The maximum atomic E-state index is 13.4. The quantitative estimate of drug-likeness (QED) is 0.494. The predicted molar refractivity (Wildman–Crippen MR) is 137 cm³/mol. The van der Waals surface area contributed by atoms with Crippen LogP contribution >= 0.6 is 0 Å². The van der Waals surface area contributed by atoms with Crippen LogP contribution in [0.1, 0.15) is 44.7 Å². The molecule has 0 spiro atoms. The van der Waals surface area contributed by atoms with E-state index in [0.29, 0.717) is 25.9 Å². The number of hydrogen-bond donors (Lipinski definition) is 2. The molecule has 37 heavy (non-hydrogen) atoms. The Morgan fingerprint density at radius 1 is 1.00 bits per heavy atom. The van der Waals surface area contributed by atoms with E-state index in [1.807, 2.05) is 30.3 Å². The summed E-state index contributed by atoms with van der Waals surface area (Å²) in [4.78, 5) is 39.6. The van der Waals surface area contributed by atoms with Gasteiger partial charge in [0.2, 0.25) is 5.91 Å². The zero-order valence-corrected chi connectivity index (χ0v) is 21.6. The monoisotopic (exact) mass is 512 g/mol. The van der Waals surface area contributed by atoms with Gasteiger partial charge in [0.25, 0.3) is 0 Å². The van der Waals surface area contributed by atoms with Crippen LogP contribution < -0.4 is 5.32 Å². The first-order chi connectivity index (χ1) is 17.6. The zero-order valence-electron chi connectivity index (χ0n) is 21.6. The summed E-state index contributed by atoms with van der Waals surface area (Å²) >= 11 is 0. The van der Waals surface area contributed by atoms with Crippen molar-refractivity contribution >= 4 is 18.0 Å². The van der Waals surface area contributed by atoms with Crippen molar-refractivity contribution in [3.63, 3.8) is 0 Å². The Kier molecular flexibility index (Phi) is 9.91. The first-order valence-corrected chi connectivity index (χ1v) is 12.5. The molecule has 1 fully saturated rings. The van der Waals surface area contributed by atoms with E-state index in [4.69, 9.17) is 14.2 Å². The number of rotatable bonds is 9. The van der Waals surface area contributed by atoms with Crippen molar-refractivity contribution in [2.75, 3.05) is 19.7 Å². The zero-order chi connectivity index (χ0) is 26.8. The molecule has 0 radical (unpaired) electrons. The molecule has 2 N–H and O–H groups in total. The summed E-state index contributed by atoms with van der Waals surface area (Å²) in [6, 6.07) is 14.9. The molecule has 0 saturated carbocycles. The molecular formula is C28H36N2O7. The Morgan fingerprint density at radius 3 is 2.27 bits per heavy atom. The van der Waals surface area contributed by atoms with Crippen LogP contribution in [0.4, 0.5) is 4.79 Å². The number of aromatic hydroxyl groups is 1. The molecule has 200 valence electrons. The van der Waals surface area contributed by atoms with E-state index >= 15 is 0 Å². The van der Waals surface area contributed by atoms with Crippen LogP contribution in [0.3, 0.4) is 0 Å². The number of benzene rings is 2. The minimum atomic E-state index is -0.841. The lowest BCUT2D eigenvalue weighted by Gasteiger charge is -2.34. The maximum absolute atomic E-state index is 13.4. The van der Waals surface area contributed by atoms with Crippen molar-refractivity contribution in [3.05, 3.63) is 65.7 Å². The molecule has 0 unspecified atom stereocenters. The van der Waals surface area contributed by atoms with Crippen molar-refractivity contribution in [3.8, 4) is 5.75 Å². The number of phenolic OH excluding ortho intramolecular Hbond substituents is 1. The minimum absolute atomic E-state index is 0.0905. The number of piperidine rings is 1. The number of phenols is 1. The highest BCUT2D eigenvalue weighted by atomic mass is 16.6. The summed E-state index contributed by atoms with van der Waals surface area (Å²) in [5, 5.41) is 12.3. The molecule has 2 aromatic rings. The lowest BCUT2D eigenvalue weighted by molar-refractivity contribution is -0.163. The van der Waals surface area contributed by atoms with Gasteiger partial charge in [-0.3, -0.25) is 4.79 Å². The predicted octanol–water partition coefficient (Wildman–Crippen LogP) is 3.58. The molecule has 2 amide bonds.